The molecule has 0 radical (unpaired) electrons. The molecule has 4 aromatic carbocycles. The van der Waals surface area contributed by atoms with Gasteiger partial charge >= 0.3 is 0 Å². The third kappa shape index (κ3) is 8.75. The first-order chi connectivity index (χ1) is 26.6. The first-order valence-electron chi connectivity index (χ1n) is 16.6. The maximum atomic E-state index is 13.0. The van der Waals surface area contributed by atoms with Gasteiger partial charge in [0.2, 0.25) is 0 Å². The largest absolute Gasteiger partial charge is 0.489 e. The van der Waals surface area contributed by atoms with E-state index in [2.05, 4.69) is 30.7 Å². The fraction of sp³-hybridized carbons (Fsp3) is 0.167. The highest BCUT2D eigenvalue weighted by molar-refractivity contribution is 5.58. The number of para-hydroxylation sites is 2. The van der Waals surface area contributed by atoms with Crippen LogP contribution < -0.4 is 20.6 Å². The summed E-state index contributed by atoms with van der Waals surface area (Å²) in [6.07, 6.45) is 0. The predicted octanol–water partition coefficient (Wildman–Crippen LogP) is 7.38. The Hall–Kier alpha value is -7.54. The first-order valence-corrected chi connectivity index (χ1v) is 16.6. The van der Waals surface area contributed by atoms with Crippen molar-refractivity contribution < 1.29 is 24.1 Å². The number of nitrogens with zero attached hydrogens (tertiary/aromatic N) is 8. The highest BCUT2D eigenvalue weighted by Gasteiger charge is 2.17. The number of aromatic amines is 2. The van der Waals surface area contributed by atoms with Gasteiger partial charge in [0.25, 0.3) is 22.5 Å². The summed E-state index contributed by atoms with van der Waals surface area (Å²) < 4.78 is 19.8. The molecule has 0 unspecified atom stereocenters. The molecule has 19 heteroatoms. The van der Waals surface area contributed by atoms with E-state index in [4.69, 9.17) is 14.2 Å². The molecule has 6 aromatic rings. The van der Waals surface area contributed by atoms with Gasteiger partial charge in [0.15, 0.2) is 22.9 Å². The maximum absolute atomic E-state index is 13.0. The lowest BCUT2D eigenvalue weighted by molar-refractivity contribution is -0.385. The predicted molar refractivity (Wildman–Crippen MR) is 199 cm³/mol. The smallest absolute Gasteiger partial charge is 0.299 e. The van der Waals surface area contributed by atoms with E-state index in [0.717, 1.165) is 0 Å². The van der Waals surface area contributed by atoms with Gasteiger partial charge in [-0.25, -0.2) is 9.36 Å². The van der Waals surface area contributed by atoms with Crippen molar-refractivity contribution in [3.05, 3.63) is 149 Å². The molecule has 55 heavy (non-hydrogen) atoms. The van der Waals surface area contributed by atoms with Crippen LogP contribution in [-0.2, 0) is 4.74 Å². The number of aromatic nitrogens is 4. The molecule has 0 saturated heterocycles. The monoisotopic (exact) mass is 748 g/mol. The molecule has 0 spiro atoms. The molecule has 2 heterocycles. The van der Waals surface area contributed by atoms with Crippen molar-refractivity contribution in [2.75, 3.05) is 26.4 Å². The van der Waals surface area contributed by atoms with Crippen LogP contribution >= 0.6 is 0 Å². The number of hydrogen-bond acceptors (Lipinski definition) is 13. The van der Waals surface area contributed by atoms with Gasteiger partial charge < -0.3 is 14.2 Å². The third-order valence-electron chi connectivity index (χ3n) is 7.90. The molecule has 0 bridgehead atoms. The van der Waals surface area contributed by atoms with Crippen LogP contribution in [0.4, 0.5) is 34.1 Å². The summed E-state index contributed by atoms with van der Waals surface area (Å²) in [5.74, 6) is 0.0725. The van der Waals surface area contributed by atoms with Crippen LogP contribution in [0.1, 0.15) is 11.4 Å². The quantitative estimate of drug-likeness (QED) is 0.0433. The third-order valence-corrected chi connectivity index (χ3v) is 7.90. The fourth-order valence-corrected chi connectivity index (χ4v) is 5.19. The Morgan fingerprint density at radius 2 is 0.982 bits per heavy atom. The zero-order valence-corrected chi connectivity index (χ0v) is 29.3. The SMILES string of the molecule is Cc1[nH]n(-c2ccccc2)c(=O)c1N=Nc1ccc([N+](=O)[O-])cc1OCCOCCOc1cc([N+](=O)[O-])ccc1N=Nc1c(C)[nH]n(-c2ccccc2)c1=O. The van der Waals surface area contributed by atoms with Crippen molar-refractivity contribution >= 4 is 34.1 Å². The minimum absolute atomic E-state index is 0.0172. The lowest BCUT2D eigenvalue weighted by Gasteiger charge is -2.10. The average Bonchev–Trinajstić information content (AvgIpc) is 3.64. The molecular formula is C36H32N10O9. The van der Waals surface area contributed by atoms with E-state index < -0.39 is 21.0 Å². The van der Waals surface area contributed by atoms with Crippen molar-refractivity contribution in [3.63, 3.8) is 0 Å². The Morgan fingerprint density at radius 1 is 0.582 bits per heavy atom. The van der Waals surface area contributed by atoms with E-state index in [0.29, 0.717) is 22.8 Å². The van der Waals surface area contributed by atoms with E-state index in [-0.39, 0.29) is 72.1 Å². The zero-order valence-electron chi connectivity index (χ0n) is 29.3. The van der Waals surface area contributed by atoms with E-state index in [1.807, 2.05) is 12.1 Å². The molecule has 0 aliphatic heterocycles. The summed E-state index contributed by atoms with van der Waals surface area (Å²) in [5, 5.41) is 45.4. The number of H-pyrrole nitrogens is 2. The first kappa shape index (κ1) is 37.2. The number of ether oxygens (including phenoxy) is 3. The second-order valence-corrected chi connectivity index (χ2v) is 11.7. The van der Waals surface area contributed by atoms with Crippen LogP contribution in [0.15, 0.2) is 127 Å². The van der Waals surface area contributed by atoms with Crippen molar-refractivity contribution in [2.24, 2.45) is 20.5 Å². The molecule has 0 atom stereocenters. The van der Waals surface area contributed by atoms with Crippen molar-refractivity contribution in [1.29, 1.82) is 0 Å². The average molecular weight is 749 g/mol. The van der Waals surface area contributed by atoms with E-state index in [9.17, 15) is 29.8 Å². The number of hydrogen-bond donors (Lipinski definition) is 2. The van der Waals surface area contributed by atoms with E-state index >= 15 is 0 Å². The van der Waals surface area contributed by atoms with Gasteiger partial charge in [-0.3, -0.25) is 40.0 Å². The van der Waals surface area contributed by atoms with E-state index in [1.54, 1.807) is 62.4 Å². The summed E-state index contributed by atoms with van der Waals surface area (Å²) in [5.41, 5.74) is 1.16. The Labute approximate surface area is 310 Å². The number of nitrogens with one attached hydrogen (secondary N) is 2. The number of nitro groups is 2. The van der Waals surface area contributed by atoms with Gasteiger partial charge in [-0.05, 0) is 50.2 Å². The van der Waals surface area contributed by atoms with Crippen LogP contribution in [0.2, 0.25) is 0 Å². The van der Waals surface area contributed by atoms with E-state index in [1.165, 1.54) is 45.8 Å². The normalized spacial score (nSPS) is 11.4. The molecule has 0 aliphatic carbocycles. The molecule has 2 N–H and O–H groups in total. The van der Waals surface area contributed by atoms with Crippen LogP contribution in [0, 0.1) is 34.1 Å². The molecule has 0 fully saturated rings. The number of aryl methyl sites for hydroxylation is 2. The number of non-ortho nitro benzene ring substituents is 2. The number of benzene rings is 4. The molecule has 280 valence electrons. The lowest BCUT2D eigenvalue weighted by atomic mass is 10.2. The molecule has 0 amide bonds. The Bertz CT molecular complexity index is 2330. The number of nitro benzene ring substituents is 2. The number of rotatable bonds is 16. The van der Waals surface area contributed by atoms with Gasteiger partial charge in [-0.2, -0.15) is 0 Å². The summed E-state index contributed by atoms with van der Waals surface area (Å²) in [6.45, 7) is 3.26. The molecule has 2 aromatic heterocycles. The summed E-state index contributed by atoms with van der Waals surface area (Å²) in [4.78, 5) is 47.8. The minimum atomic E-state index is -0.585. The molecule has 0 aliphatic rings. The molecular weight excluding hydrogens is 716 g/mol. The summed E-state index contributed by atoms with van der Waals surface area (Å²) >= 11 is 0. The Balaban J connectivity index is 1.08. The van der Waals surface area contributed by atoms with Crippen molar-refractivity contribution in [2.45, 2.75) is 13.8 Å². The van der Waals surface area contributed by atoms with Gasteiger partial charge in [-0.1, -0.05) is 36.4 Å². The van der Waals surface area contributed by atoms with Crippen LogP contribution in [0.25, 0.3) is 11.4 Å². The van der Waals surface area contributed by atoms with Gasteiger partial charge in [0.1, 0.15) is 24.6 Å². The van der Waals surface area contributed by atoms with Gasteiger partial charge in [-0.15, -0.1) is 20.5 Å². The second-order valence-electron chi connectivity index (χ2n) is 11.7. The highest BCUT2D eigenvalue weighted by Crippen LogP contribution is 2.34. The topological polar surface area (TPSA) is 239 Å². The highest BCUT2D eigenvalue weighted by atomic mass is 16.6. The standard InChI is InChI=1S/C36H32N10O9/c1-23-33(35(47)43(41-23)25-9-5-3-6-10-25)39-37-29-15-13-27(45(49)50)21-31(29)54-19-17-53-18-20-55-32-22-28(46(51)52)14-16-30(32)38-40-34-24(2)42-44(36(34)48)26-11-7-4-8-12-26/h3-16,21-22,41-42H,17-20H2,1-2H3. The zero-order chi connectivity index (χ0) is 38.9. The molecule has 0 saturated carbocycles. The summed E-state index contributed by atoms with van der Waals surface area (Å²) in [6, 6.07) is 25.4. The van der Waals surface area contributed by atoms with Gasteiger partial charge in [0, 0.05) is 12.1 Å². The molecule has 6 rings (SSSR count). The maximum Gasteiger partial charge on any atom is 0.299 e. The van der Waals surface area contributed by atoms with Crippen LogP contribution in [0.5, 0.6) is 11.5 Å². The van der Waals surface area contributed by atoms with Crippen LogP contribution in [-0.4, -0.2) is 55.8 Å². The molecule has 19 nitrogen and oxygen atoms in total. The Kier molecular flexibility index (Phi) is 11.4. The fourth-order valence-electron chi connectivity index (χ4n) is 5.19. The second kappa shape index (κ2) is 16.9. The minimum Gasteiger partial charge on any atom is -0.489 e. The Morgan fingerprint density at radius 3 is 1.36 bits per heavy atom. The van der Waals surface area contributed by atoms with Crippen molar-refractivity contribution in [1.82, 2.24) is 19.6 Å². The number of azo groups is 2. The van der Waals surface area contributed by atoms with Crippen molar-refractivity contribution in [3.8, 4) is 22.9 Å². The van der Waals surface area contributed by atoms with Gasteiger partial charge in [0.05, 0.1) is 58.0 Å². The van der Waals surface area contributed by atoms with Crippen LogP contribution in [0.3, 0.4) is 0 Å². The lowest BCUT2D eigenvalue weighted by Crippen LogP contribution is -2.13. The summed E-state index contributed by atoms with van der Waals surface area (Å²) in [7, 11) is 0.